The van der Waals surface area contributed by atoms with Gasteiger partial charge in [-0.3, -0.25) is 4.90 Å². The molecule has 2 heterocycles. The van der Waals surface area contributed by atoms with Crippen molar-refractivity contribution in [1.82, 2.24) is 9.80 Å². The molecule has 2 aliphatic rings. The number of nitrogens with zero attached hydrogens (tertiary/aromatic N) is 2. The number of carboxylic acid groups (broad SMARTS) is 2. The van der Waals surface area contributed by atoms with E-state index in [0.717, 1.165) is 0 Å². The molecule has 0 radical (unpaired) electrons. The summed E-state index contributed by atoms with van der Waals surface area (Å²) in [4.78, 5) is 23.0. The molecule has 0 spiro atoms. The van der Waals surface area contributed by atoms with Crippen molar-refractivity contribution < 1.29 is 46.1 Å². The first-order chi connectivity index (χ1) is 15.0. The molecule has 188 valence electrons. The van der Waals surface area contributed by atoms with Crippen LogP contribution in [0.25, 0.3) is 0 Å². The number of rotatable bonds is 2. The smallest absolute Gasteiger partial charge is 0.475 e. The number of aliphatic carboxylic acids is 2. The van der Waals surface area contributed by atoms with E-state index in [4.69, 9.17) is 19.8 Å². The highest BCUT2D eigenvalue weighted by Crippen LogP contribution is 2.45. The Balaban J connectivity index is 0.000000324. The summed E-state index contributed by atoms with van der Waals surface area (Å²) in [6.45, 7) is 8.36. The van der Waals surface area contributed by atoms with Crippen molar-refractivity contribution in [3.8, 4) is 0 Å². The lowest BCUT2D eigenvalue weighted by Gasteiger charge is -2.47. The Morgan fingerprint density at radius 1 is 0.939 bits per heavy atom. The van der Waals surface area contributed by atoms with Crippen LogP contribution in [0.5, 0.6) is 0 Å². The van der Waals surface area contributed by atoms with Crippen LogP contribution in [0.4, 0.5) is 26.3 Å². The van der Waals surface area contributed by atoms with Gasteiger partial charge in [-0.1, -0.05) is 30.3 Å². The number of piperidine rings is 1. The summed E-state index contributed by atoms with van der Waals surface area (Å²) < 4.78 is 63.5. The van der Waals surface area contributed by atoms with Crippen LogP contribution in [-0.2, 0) is 15.0 Å². The van der Waals surface area contributed by atoms with Gasteiger partial charge in [-0.05, 0) is 52.4 Å². The van der Waals surface area contributed by atoms with Crippen molar-refractivity contribution in [1.29, 1.82) is 0 Å². The molecule has 1 aromatic carbocycles. The zero-order valence-electron chi connectivity index (χ0n) is 18.5. The van der Waals surface area contributed by atoms with E-state index in [2.05, 4.69) is 61.0 Å². The number of hydrogen-bond donors (Lipinski definition) is 2. The lowest BCUT2D eigenvalue weighted by Crippen LogP contribution is -2.56. The summed E-state index contributed by atoms with van der Waals surface area (Å²) in [5, 5.41) is 14.2. The van der Waals surface area contributed by atoms with E-state index >= 15 is 0 Å². The third-order valence-electron chi connectivity index (χ3n) is 5.90. The lowest BCUT2D eigenvalue weighted by molar-refractivity contribution is -0.193. The standard InChI is InChI=1S/C17H26N2.2C2HF3O2/c1-14(2)19-12-10-17(15-7-5-4-6-8-15)9-11-18(3)16(17)13-19;2*3-2(4,5)1(6)7/h4-8,14,16H,9-13H2,1-3H3;2*(H,6,7). The number of likely N-dealkylation sites (N-methyl/N-ethyl adjacent to an activating group) is 1. The quantitative estimate of drug-likeness (QED) is 0.615. The van der Waals surface area contributed by atoms with Gasteiger partial charge in [0.05, 0.1) is 0 Å². The highest BCUT2D eigenvalue weighted by atomic mass is 19.4. The Bertz CT molecular complexity index is 761. The molecule has 2 fully saturated rings. The molecule has 2 N–H and O–H groups in total. The second-order valence-corrected chi connectivity index (χ2v) is 8.21. The predicted octanol–water partition coefficient (Wildman–Crippen LogP) is 4.01. The zero-order valence-corrected chi connectivity index (χ0v) is 18.5. The fraction of sp³-hybridized carbons (Fsp3) is 0.619. The third kappa shape index (κ3) is 7.88. The summed E-state index contributed by atoms with van der Waals surface area (Å²) in [5.74, 6) is -5.51. The van der Waals surface area contributed by atoms with Crippen molar-refractivity contribution in [2.24, 2.45) is 0 Å². The number of halogens is 6. The van der Waals surface area contributed by atoms with Crippen LogP contribution in [0.2, 0.25) is 0 Å². The fourth-order valence-electron chi connectivity index (χ4n) is 4.10. The SMILES string of the molecule is CC(C)N1CCC2(c3ccccc3)CCN(C)C2C1.O=C(O)C(F)(F)F.O=C(O)C(F)(F)F. The Kier molecular flexibility index (Phi) is 9.73. The molecule has 1 aromatic rings. The molecule has 0 bridgehead atoms. The number of alkyl halides is 6. The molecule has 2 unspecified atom stereocenters. The Morgan fingerprint density at radius 2 is 1.36 bits per heavy atom. The minimum Gasteiger partial charge on any atom is -0.475 e. The van der Waals surface area contributed by atoms with Crippen molar-refractivity contribution in [2.75, 3.05) is 26.7 Å². The van der Waals surface area contributed by atoms with Crippen LogP contribution in [0, 0.1) is 0 Å². The summed E-state index contributed by atoms with van der Waals surface area (Å²) >= 11 is 0. The van der Waals surface area contributed by atoms with Crippen molar-refractivity contribution in [3.05, 3.63) is 35.9 Å². The first-order valence-electron chi connectivity index (χ1n) is 10.1. The van der Waals surface area contributed by atoms with Crippen LogP contribution in [0.3, 0.4) is 0 Å². The van der Waals surface area contributed by atoms with E-state index in [1.807, 2.05) is 0 Å². The number of carboxylic acids is 2. The summed E-state index contributed by atoms with van der Waals surface area (Å²) in [6.07, 6.45) is -7.53. The summed E-state index contributed by atoms with van der Waals surface area (Å²) in [5.41, 5.74) is 1.97. The molecular formula is C21H28F6N2O4. The zero-order chi connectivity index (χ0) is 25.6. The number of fused-ring (bicyclic) bond motifs is 1. The monoisotopic (exact) mass is 486 g/mol. The second kappa shape index (κ2) is 11.2. The van der Waals surface area contributed by atoms with Gasteiger partial charge in [0.15, 0.2) is 0 Å². The van der Waals surface area contributed by atoms with E-state index in [0.29, 0.717) is 17.5 Å². The Labute approximate surface area is 187 Å². The fourth-order valence-corrected chi connectivity index (χ4v) is 4.10. The highest BCUT2D eigenvalue weighted by molar-refractivity contribution is 5.73. The second-order valence-electron chi connectivity index (χ2n) is 8.21. The first-order valence-corrected chi connectivity index (χ1v) is 10.1. The molecular weight excluding hydrogens is 458 g/mol. The van der Waals surface area contributed by atoms with E-state index in [1.54, 1.807) is 5.56 Å². The molecule has 2 saturated heterocycles. The maximum atomic E-state index is 10.6. The average Bonchev–Trinajstić information content (AvgIpc) is 3.05. The minimum absolute atomic E-state index is 0.404. The van der Waals surface area contributed by atoms with Crippen LogP contribution in [-0.4, -0.2) is 83.1 Å². The van der Waals surface area contributed by atoms with Gasteiger partial charge < -0.3 is 15.1 Å². The van der Waals surface area contributed by atoms with E-state index < -0.39 is 24.3 Å². The molecule has 0 amide bonds. The minimum atomic E-state index is -5.08. The molecule has 6 nitrogen and oxygen atoms in total. The van der Waals surface area contributed by atoms with E-state index in [-0.39, 0.29) is 0 Å². The normalized spacial score (nSPS) is 23.6. The van der Waals surface area contributed by atoms with Gasteiger partial charge in [-0.15, -0.1) is 0 Å². The van der Waals surface area contributed by atoms with E-state index in [1.165, 1.54) is 32.5 Å². The van der Waals surface area contributed by atoms with Gasteiger partial charge in [-0.2, -0.15) is 26.3 Å². The Morgan fingerprint density at radius 3 is 1.76 bits per heavy atom. The molecule has 0 saturated carbocycles. The van der Waals surface area contributed by atoms with Gasteiger partial charge in [-0.25, -0.2) is 9.59 Å². The molecule has 12 heteroatoms. The van der Waals surface area contributed by atoms with Gasteiger partial charge in [0, 0.05) is 24.0 Å². The highest BCUT2D eigenvalue weighted by Gasteiger charge is 2.50. The number of hydrogen-bond acceptors (Lipinski definition) is 4. The van der Waals surface area contributed by atoms with Crippen LogP contribution >= 0.6 is 0 Å². The maximum Gasteiger partial charge on any atom is 0.490 e. The van der Waals surface area contributed by atoms with Gasteiger partial charge in [0.1, 0.15) is 0 Å². The van der Waals surface area contributed by atoms with Crippen LogP contribution in [0.1, 0.15) is 32.3 Å². The Hall–Kier alpha value is -2.34. The summed E-state index contributed by atoms with van der Waals surface area (Å²) in [6, 6.07) is 12.6. The topological polar surface area (TPSA) is 81.1 Å². The molecule has 2 aliphatic heterocycles. The predicted molar refractivity (Wildman–Crippen MR) is 108 cm³/mol. The van der Waals surface area contributed by atoms with Crippen LogP contribution < -0.4 is 0 Å². The first kappa shape index (κ1) is 28.7. The number of benzene rings is 1. The largest absolute Gasteiger partial charge is 0.490 e. The summed E-state index contributed by atoms with van der Waals surface area (Å²) in [7, 11) is 2.30. The van der Waals surface area contributed by atoms with E-state index in [9.17, 15) is 26.3 Å². The number of carbonyl (C=O) groups is 2. The van der Waals surface area contributed by atoms with Gasteiger partial charge in [0.2, 0.25) is 0 Å². The third-order valence-corrected chi connectivity index (χ3v) is 5.90. The number of likely N-dealkylation sites (tertiary alicyclic amines) is 2. The van der Waals surface area contributed by atoms with Crippen molar-refractivity contribution >= 4 is 11.9 Å². The molecule has 33 heavy (non-hydrogen) atoms. The average molecular weight is 486 g/mol. The molecule has 3 rings (SSSR count). The molecule has 2 atom stereocenters. The molecule has 0 aromatic heterocycles. The van der Waals surface area contributed by atoms with Crippen LogP contribution in [0.15, 0.2) is 30.3 Å². The van der Waals surface area contributed by atoms with Crippen molar-refractivity contribution in [2.45, 2.75) is 56.5 Å². The van der Waals surface area contributed by atoms with Gasteiger partial charge in [0.25, 0.3) is 0 Å². The molecule has 0 aliphatic carbocycles. The van der Waals surface area contributed by atoms with Gasteiger partial charge >= 0.3 is 24.3 Å². The lowest BCUT2D eigenvalue weighted by atomic mass is 9.69. The van der Waals surface area contributed by atoms with Crippen molar-refractivity contribution in [3.63, 3.8) is 0 Å². The maximum absolute atomic E-state index is 10.6.